The average molecular weight is 344 g/mol. The number of aliphatic hydroxyl groups is 2. The molecular formula is C11H13F5N4O3. The monoisotopic (exact) mass is 344 g/mol. The zero-order valence-electron chi connectivity index (χ0n) is 11.6. The highest BCUT2D eigenvalue weighted by atomic mass is 19.4. The molecule has 1 saturated heterocycles. The average Bonchev–Trinajstić information content (AvgIpc) is 2.35. The summed E-state index contributed by atoms with van der Waals surface area (Å²) in [5, 5.41) is 24.0. The van der Waals surface area contributed by atoms with Gasteiger partial charge in [-0.05, 0) is 6.92 Å². The largest absolute Gasteiger partial charge is 0.419 e. The molecule has 1 aromatic heterocycles. The van der Waals surface area contributed by atoms with Crippen LogP contribution < -0.4 is 10.6 Å². The van der Waals surface area contributed by atoms with E-state index in [-0.39, 0.29) is 0 Å². The SMILES string of the molecule is CC1OC(F)(F)CNC1C(O)(O)Nc1ncc(C(F)(F)F)cn1. The van der Waals surface area contributed by atoms with Crippen molar-refractivity contribution in [3.05, 3.63) is 18.0 Å². The third kappa shape index (κ3) is 4.22. The molecule has 0 radical (unpaired) electrons. The van der Waals surface area contributed by atoms with Crippen molar-refractivity contribution in [1.29, 1.82) is 0 Å². The molecule has 0 amide bonds. The van der Waals surface area contributed by atoms with Gasteiger partial charge in [-0.15, -0.1) is 0 Å². The number of rotatable bonds is 3. The Morgan fingerprint density at radius 3 is 2.35 bits per heavy atom. The quantitative estimate of drug-likeness (QED) is 0.468. The lowest BCUT2D eigenvalue weighted by atomic mass is 10.1. The van der Waals surface area contributed by atoms with Crippen LogP contribution in [0.1, 0.15) is 12.5 Å². The van der Waals surface area contributed by atoms with Crippen molar-refractivity contribution >= 4 is 5.95 Å². The second-order valence-electron chi connectivity index (χ2n) is 4.96. The van der Waals surface area contributed by atoms with Gasteiger partial charge < -0.3 is 20.3 Å². The second kappa shape index (κ2) is 5.78. The van der Waals surface area contributed by atoms with Crippen LogP contribution in [0.15, 0.2) is 12.4 Å². The number of morpholine rings is 1. The summed E-state index contributed by atoms with van der Waals surface area (Å²) in [6.07, 6.45) is -8.57. The summed E-state index contributed by atoms with van der Waals surface area (Å²) in [6.45, 7) is 0.196. The minimum atomic E-state index is -4.65. The Morgan fingerprint density at radius 2 is 1.87 bits per heavy atom. The Labute approximate surface area is 126 Å². The van der Waals surface area contributed by atoms with Crippen molar-refractivity contribution in [3.8, 4) is 0 Å². The molecule has 2 atom stereocenters. The van der Waals surface area contributed by atoms with Crippen LogP contribution in [0.25, 0.3) is 0 Å². The molecule has 0 bridgehead atoms. The predicted molar refractivity (Wildman–Crippen MR) is 65.1 cm³/mol. The smallest absolute Gasteiger partial charge is 0.348 e. The third-order valence-corrected chi connectivity index (χ3v) is 3.06. The van der Waals surface area contributed by atoms with E-state index in [1.807, 2.05) is 5.32 Å². The number of nitrogens with one attached hydrogen (secondary N) is 2. The Balaban J connectivity index is 2.09. The number of halogens is 5. The van der Waals surface area contributed by atoms with Gasteiger partial charge in [0.05, 0.1) is 18.2 Å². The fraction of sp³-hybridized carbons (Fsp3) is 0.636. The van der Waals surface area contributed by atoms with E-state index in [2.05, 4.69) is 20.0 Å². The number of nitrogens with zero attached hydrogens (tertiary/aromatic N) is 2. The zero-order valence-corrected chi connectivity index (χ0v) is 11.6. The summed E-state index contributed by atoms with van der Waals surface area (Å²) in [6, 6.07) is -1.41. The van der Waals surface area contributed by atoms with Crippen LogP contribution >= 0.6 is 0 Å². The maximum Gasteiger partial charge on any atom is 0.419 e. The first-order chi connectivity index (χ1) is 10.4. The summed E-state index contributed by atoms with van der Waals surface area (Å²) in [4.78, 5) is 6.60. The van der Waals surface area contributed by atoms with E-state index >= 15 is 0 Å². The van der Waals surface area contributed by atoms with Gasteiger partial charge in [0.25, 0.3) is 5.91 Å². The van der Waals surface area contributed by atoms with Crippen molar-refractivity contribution in [2.75, 3.05) is 11.9 Å². The van der Waals surface area contributed by atoms with Crippen LogP contribution in [0.2, 0.25) is 0 Å². The fourth-order valence-electron chi connectivity index (χ4n) is 2.03. The molecule has 1 aliphatic heterocycles. The first-order valence-electron chi connectivity index (χ1n) is 6.32. The zero-order chi connectivity index (χ0) is 17.5. The minimum Gasteiger partial charge on any atom is -0.348 e. The molecular weight excluding hydrogens is 331 g/mol. The van der Waals surface area contributed by atoms with Gasteiger partial charge in [-0.1, -0.05) is 0 Å². The summed E-state index contributed by atoms with van der Waals surface area (Å²) < 4.78 is 67.5. The van der Waals surface area contributed by atoms with Gasteiger partial charge >= 0.3 is 12.3 Å². The highest BCUT2D eigenvalue weighted by molar-refractivity contribution is 5.28. The van der Waals surface area contributed by atoms with Crippen LogP contribution in [0.3, 0.4) is 0 Å². The van der Waals surface area contributed by atoms with Gasteiger partial charge in [-0.2, -0.15) is 22.0 Å². The third-order valence-electron chi connectivity index (χ3n) is 3.06. The molecule has 0 aliphatic carbocycles. The molecule has 7 nitrogen and oxygen atoms in total. The number of ether oxygens (including phenoxy) is 1. The molecule has 130 valence electrons. The molecule has 4 N–H and O–H groups in total. The van der Waals surface area contributed by atoms with Gasteiger partial charge in [-0.25, -0.2) is 9.97 Å². The van der Waals surface area contributed by atoms with Crippen molar-refractivity contribution < 1.29 is 36.9 Å². The van der Waals surface area contributed by atoms with Crippen molar-refractivity contribution in [3.63, 3.8) is 0 Å². The van der Waals surface area contributed by atoms with Crippen molar-refractivity contribution in [1.82, 2.24) is 15.3 Å². The van der Waals surface area contributed by atoms with Gasteiger partial charge in [-0.3, -0.25) is 5.32 Å². The van der Waals surface area contributed by atoms with Crippen LogP contribution in [0.5, 0.6) is 0 Å². The van der Waals surface area contributed by atoms with E-state index < -0.39 is 48.4 Å². The molecule has 12 heteroatoms. The van der Waals surface area contributed by atoms with E-state index in [4.69, 9.17) is 0 Å². The Morgan fingerprint density at radius 1 is 1.30 bits per heavy atom. The number of hydrogen-bond donors (Lipinski definition) is 4. The summed E-state index contributed by atoms with van der Waals surface area (Å²) in [5.41, 5.74) is -1.13. The molecule has 0 spiro atoms. The molecule has 23 heavy (non-hydrogen) atoms. The van der Waals surface area contributed by atoms with Crippen LogP contribution in [-0.2, 0) is 10.9 Å². The molecule has 0 aromatic carbocycles. The van der Waals surface area contributed by atoms with Gasteiger partial charge in [0, 0.05) is 12.4 Å². The van der Waals surface area contributed by atoms with Gasteiger partial charge in [0.2, 0.25) is 5.95 Å². The first kappa shape index (κ1) is 17.7. The molecule has 2 unspecified atom stereocenters. The lowest BCUT2D eigenvalue weighted by Gasteiger charge is -2.41. The summed E-state index contributed by atoms with van der Waals surface area (Å²) in [7, 11) is 0. The highest BCUT2D eigenvalue weighted by Crippen LogP contribution is 2.29. The highest BCUT2D eigenvalue weighted by Gasteiger charge is 2.49. The first-order valence-corrected chi connectivity index (χ1v) is 6.32. The Bertz CT molecular complexity index is 552. The van der Waals surface area contributed by atoms with E-state index in [0.29, 0.717) is 12.4 Å². The van der Waals surface area contributed by atoms with E-state index in [9.17, 15) is 32.2 Å². The topological polar surface area (TPSA) is 99.5 Å². The van der Waals surface area contributed by atoms with E-state index in [1.165, 1.54) is 6.92 Å². The minimum absolute atomic E-state index is 0.438. The summed E-state index contributed by atoms with van der Waals surface area (Å²) >= 11 is 0. The molecule has 0 saturated carbocycles. The molecule has 2 rings (SSSR count). The van der Waals surface area contributed by atoms with Crippen LogP contribution in [0, 0.1) is 0 Å². The maximum absolute atomic E-state index is 13.0. The van der Waals surface area contributed by atoms with Gasteiger partial charge in [0.15, 0.2) is 0 Å². The summed E-state index contributed by atoms with van der Waals surface area (Å²) in [5.74, 6) is -3.37. The lowest BCUT2D eigenvalue weighted by molar-refractivity contribution is -0.305. The number of alkyl halides is 5. The normalized spacial score (nSPS) is 25.2. The van der Waals surface area contributed by atoms with Crippen molar-refractivity contribution in [2.24, 2.45) is 0 Å². The number of aromatic nitrogens is 2. The number of hydrogen-bond acceptors (Lipinski definition) is 7. The number of anilines is 1. The van der Waals surface area contributed by atoms with Crippen LogP contribution in [0.4, 0.5) is 27.9 Å². The fourth-order valence-corrected chi connectivity index (χ4v) is 2.03. The molecule has 1 aromatic rings. The predicted octanol–water partition coefficient (Wildman–Crippen LogP) is 0.515. The van der Waals surface area contributed by atoms with Crippen LogP contribution in [-0.4, -0.2) is 50.9 Å². The van der Waals surface area contributed by atoms with Crippen molar-refractivity contribution in [2.45, 2.75) is 37.3 Å². The molecule has 1 aliphatic rings. The van der Waals surface area contributed by atoms with E-state index in [1.54, 1.807) is 0 Å². The maximum atomic E-state index is 13.0. The Kier molecular flexibility index (Phi) is 4.45. The lowest BCUT2D eigenvalue weighted by Crippen LogP contribution is -2.67. The van der Waals surface area contributed by atoms with Gasteiger partial charge in [0.1, 0.15) is 6.04 Å². The Hall–Kier alpha value is -1.63. The molecule has 2 heterocycles. The standard InChI is InChI=1S/C11H13F5N4O3/c1-5-7(19-4-9(12,13)23-5)11(21,22)20-8-17-2-6(3-18-8)10(14,15)16/h2-3,5,7,19,21-22H,4H2,1H3,(H,17,18,20). The van der Waals surface area contributed by atoms with E-state index in [0.717, 1.165) is 0 Å². The second-order valence-corrected chi connectivity index (χ2v) is 4.96. The molecule has 1 fully saturated rings.